The van der Waals surface area contributed by atoms with E-state index in [9.17, 15) is 18.8 Å². The summed E-state index contributed by atoms with van der Waals surface area (Å²) in [5, 5.41) is 9.39. The maximum atomic E-state index is 14.2. The zero-order valence-electron chi connectivity index (χ0n) is 16.9. The van der Waals surface area contributed by atoms with E-state index in [-0.39, 0.29) is 23.6 Å². The highest BCUT2D eigenvalue weighted by Crippen LogP contribution is 2.25. The number of nitrogens with one attached hydrogen (secondary N) is 3. The Labute approximate surface area is 179 Å². The van der Waals surface area contributed by atoms with Crippen molar-refractivity contribution in [2.24, 2.45) is 5.92 Å². The average Bonchev–Trinajstić information content (AvgIpc) is 3.31. The van der Waals surface area contributed by atoms with Gasteiger partial charge in [0.2, 0.25) is 0 Å². The predicted molar refractivity (Wildman–Crippen MR) is 111 cm³/mol. The van der Waals surface area contributed by atoms with E-state index >= 15 is 0 Å². The summed E-state index contributed by atoms with van der Waals surface area (Å²) in [6.07, 6.45) is 4.23. The molecule has 0 aliphatic heterocycles. The topological polar surface area (TPSA) is 134 Å². The molecule has 4 aromatic rings. The molecular weight excluding hydrogens is 419 g/mol. The van der Waals surface area contributed by atoms with Gasteiger partial charge in [0.25, 0.3) is 11.8 Å². The first-order valence-corrected chi connectivity index (χ1v) is 10.2. The molecule has 2 amide bonds. The Hall–Kier alpha value is -4.02. The Balaban J connectivity index is 1.36. The zero-order chi connectivity index (χ0) is 22.2. The van der Waals surface area contributed by atoms with Crippen molar-refractivity contribution in [2.75, 3.05) is 6.54 Å². The number of carbonyl (C=O) groups excluding carboxylic acids is 2. The molecule has 11 heteroatoms. The zero-order valence-corrected chi connectivity index (χ0v) is 16.9. The second kappa shape index (κ2) is 7.91. The molecule has 0 radical (unpaired) electrons. The maximum absolute atomic E-state index is 14.2. The van der Waals surface area contributed by atoms with E-state index in [1.165, 1.54) is 6.07 Å². The van der Waals surface area contributed by atoms with E-state index in [2.05, 4.69) is 25.7 Å². The summed E-state index contributed by atoms with van der Waals surface area (Å²) in [6, 6.07) is 6.28. The second-order valence-electron chi connectivity index (χ2n) is 7.79. The summed E-state index contributed by atoms with van der Waals surface area (Å²) < 4.78 is 20.2. The van der Waals surface area contributed by atoms with Crippen LogP contribution in [0.5, 0.6) is 0 Å². The molecule has 3 heterocycles. The van der Waals surface area contributed by atoms with Crippen LogP contribution in [0.3, 0.4) is 0 Å². The number of aromatic nitrogens is 4. The van der Waals surface area contributed by atoms with Gasteiger partial charge in [0.1, 0.15) is 11.4 Å². The van der Waals surface area contributed by atoms with Crippen molar-refractivity contribution < 1.29 is 18.4 Å². The van der Waals surface area contributed by atoms with Gasteiger partial charge in [0.05, 0.1) is 11.7 Å². The number of H-pyrrole nitrogens is 1. The molecule has 3 aromatic heterocycles. The smallest absolute Gasteiger partial charge is 0.408 e. The van der Waals surface area contributed by atoms with Crippen LogP contribution in [0.1, 0.15) is 45.8 Å². The number of amides is 2. The van der Waals surface area contributed by atoms with E-state index in [0.717, 1.165) is 30.0 Å². The van der Waals surface area contributed by atoms with Crippen molar-refractivity contribution in [1.82, 2.24) is 30.2 Å². The quantitative estimate of drug-likeness (QED) is 0.420. The average molecular weight is 438 g/mol. The fraction of sp³-hybridized carbons (Fsp3) is 0.286. The number of rotatable bonds is 6. The molecule has 1 fully saturated rings. The van der Waals surface area contributed by atoms with E-state index in [0.29, 0.717) is 29.1 Å². The van der Waals surface area contributed by atoms with Gasteiger partial charge >= 0.3 is 5.76 Å². The van der Waals surface area contributed by atoms with Crippen LogP contribution < -0.4 is 16.4 Å². The number of hydrogen-bond donors (Lipinski definition) is 3. The van der Waals surface area contributed by atoms with Crippen molar-refractivity contribution in [3.05, 3.63) is 63.8 Å². The SMILES string of the molecule is O=C(NCc1ccc2oc(=O)[nH]c2c1)c1cc(C(=O)NCC2CCC2)n2ncc(F)c2n1. The summed E-state index contributed by atoms with van der Waals surface area (Å²) in [4.78, 5) is 43.3. The predicted octanol–water partition coefficient (Wildman–Crippen LogP) is 1.76. The monoisotopic (exact) mass is 438 g/mol. The van der Waals surface area contributed by atoms with Crippen LogP contribution in [0.15, 0.2) is 39.7 Å². The molecule has 0 atom stereocenters. The third-order valence-electron chi connectivity index (χ3n) is 5.61. The molecule has 3 N–H and O–H groups in total. The van der Waals surface area contributed by atoms with E-state index < -0.39 is 23.4 Å². The number of fused-ring (bicyclic) bond motifs is 2. The van der Waals surface area contributed by atoms with Gasteiger partial charge < -0.3 is 15.1 Å². The number of benzene rings is 1. The van der Waals surface area contributed by atoms with Crippen LogP contribution in [0.2, 0.25) is 0 Å². The Morgan fingerprint density at radius 1 is 1.22 bits per heavy atom. The minimum absolute atomic E-state index is 0.0285. The Morgan fingerprint density at radius 2 is 2.06 bits per heavy atom. The molecule has 0 spiro atoms. The largest absolute Gasteiger partial charge is 0.417 e. The third kappa shape index (κ3) is 3.72. The van der Waals surface area contributed by atoms with Crippen LogP contribution in [0.4, 0.5) is 4.39 Å². The summed E-state index contributed by atoms with van der Waals surface area (Å²) in [5.41, 5.74) is 1.34. The lowest BCUT2D eigenvalue weighted by atomic mass is 9.85. The lowest BCUT2D eigenvalue weighted by molar-refractivity contribution is 0.0931. The number of aromatic amines is 1. The van der Waals surface area contributed by atoms with Crippen molar-refractivity contribution in [2.45, 2.75) is 25.8 Å². The normalized spacial score (nSPS) is 13.9. The lowest BCUT2D eigenvalue weighted by Gasteiger charge is -2.25. The third-order valence-corrected chi connectivity index (χ3v) is 5.61. The molecular formula is C21H19FN6O4. The molecule has 0 unspecified atom stereocenters. The Bertz CT molecular complexity index is 1400. The van der Waals surface area contributed by atoms with Crippen molar-refractivity contribution in [3.63, 3.8) is 0 Å². The van der Waals surface area contributed by atoms with Crippen molar-refractivity contribution in [1.29, 1.82) is 0 Å². The highest BCUT2D eigenvalue weighted by Gasteiger charge is 2.22. The maximum Gasteiger partial charge on any atom is 0.417 e. The van der Waals surface area contributed by atoms with Crippen LogP contribution in [0, 0.1) is 11.7 Å². The molecule has 1 aromatic carbocycles. The molecule has 10 nitrogen and oxygen atoms in total. The fourth-order valence-corrected chi connectivity index (χ4v) is 3.62. The summed E-state index contributed by atoms with van der Waals surface area (Å²) >= 11 is 0. The number of hydrogen-bond acceptors (Lipinski definition) is 6. The van der Waals surface area contributed by atoms with Gasteiger partial charge in [-0.15, -0.1) is 0 Å². The first-order valence-electron chi connectivity index (χ1n) is 10.2. The minimum atomic E-state index is -0.734. The summed E-state index contributed by atoms with van der Waals surface area (Å²) in [6.45, 7) is 0.645. The fourth-order valence-electron chi connectivity index (χ4n) is 3.62. The molecule has 5 rings (SSSR count). The van der Waals surface area contributed by atoms with Gasteiger partial charge in [-0.2, -0.15) is 5.10 Å². The van der Waals surface area contributed by atoms with E-state index in [1.807, 2.05) is 0 Å². The minimum Gasteiger partial charge on any atom is -0.408 e. The van der Waals surface area contributed by atoms with E-state index in [4.69, 9.17) is 4.42 Å². The standard InChI is InChI=1S/C21H19FN6O4/c22-13-10-25-28-16(20(30)24-8-11-2-1-3-11)7-15(26-18(13)28)19(29)23-9-12-4-5-17-14(6-12)27-21(31)32-17/h4-7,10-11H,1-3,8-9H2,(H,23,29)(H,24,30)(H,27,31). The van der Waals surface area contributed by atoms with E-state index in [1.54, 1.807) is 18.2 Å². The van der Waals surface area contributed by atoms with Crippen LogP contribution in [-0.2, 0) is 6.54 Å². The van der Waals surface area contributed by atoms with Gasteiger partial charge in [-0.1, -0.05) is 12.5 Å². The van der Waals surface area contributed by atoms with Crippen LogP contribution in [0.25, 0.3) is 16.7 Å². The van der Waals surface area contributed by atoms with Gasteiger partial charge in [-0.25, -0.2) is 18.7 Å². The number of nitrogens with zero attached hydrogens (tertiary/aromatic N) is 3. The first-order chi connectivity index (χ1) is 15.5. The summed E-state index contributed by atoms with van der Waals surface area (Å²) in [5.74, 6) is -1.89. The molecule has 32 heavy (non-hydrogen) atoms. The van der Waals surface area contributed by atoms with Crippen LogP contribution >= 0.6 is 0 Å². The molecule has 1 saturated carbocycles. The molecule has 0 bridgehead atoms. The molecule has 1 aliphatic carbocycles. The van der Waals surface area contributed by atoms with Crippen LogP contribution in [-0.4, -0.2) is 37.9 Å². The van der Waals surface area contributed by atoms with Crippen molar-refractivity contribution in [3.8, 4) is 0 Å². The molecule has 164 valence electrons. The van der Waals surface area contributed by atoms with Gasteiger partial charge in [-0.3, -0.25) is 14.6 Å². The number of oxazole rings is 1. The second-order valence-corrected chi connectivity index (χ2v) is 7.79. The molecule has 0 saturated heterocycles. The summed E-state index contributed by atoms with van der Waals surface area (Å²) in [7, 11) is 0. The highest BCUT2D eigenvalue weighted by molar-refractivity contribution is 5.98. The Kier molecular flexibility index (Phi) is 4.92. The van der Waals surface area contributed by atoms with Gasteiger partial charge in [-0.05, 0) is 36.5 Å². The number of carbonyl (C=O) groups is 2. The van der Waals surface area contributed by atoms with Gasteiger partial charge in [0.15, 0.2) is 17.0 Å². The highest BCUT2D eigenvalue weighted by atomic mass is 19.1. The molecule has 1 aliphatic rings. The van der Waals surface area contributed by atoms with Gasteiger partial charge in [0, 0.05) is 19.2 Å². The Morgan fingerprint density at radius 3 is 2.84 bits per heavy atom. The number of halogens is 1. The van der Waals surface area contributed by atoms with Crippen molar-refractivity contribution >= 4 is 28.6 Å². The first kappa shape index (κ1) is 19.9. The lowest BCUT2D eigenvalue weighted by Crippen LogP contribution is -2.34.